The molecule has 1 aliphatic rings. The van der Waals surface area contributed by atoms with Gasteiger partial charge in [0.1, 0.15) is 11.5 Å². The zero-order valence-electron chi connectivity index (χ0n) is 14.7. The molecule has 0 atom stereocenters. The normalized spacial score (nSPS) is 14.9. The molecule has 1 N–H and O–H groups in total. The first-order valence-corrected chi connectivity index (χ1v) is 9.28. The second kappa shape index (κ2) is 8.63. The average molecular weight is 412 g/mol. The molecule has 7 nitrogen and oxygen atoms in total. The number of rotatable bonds is 5. The van der Waals surface area contributed by atoms with Crippen molar-refractivity contribution in [2.45, 2.75) is 19.8 Å². The highest BCUT2D eigenvalue weighted by Gasteiger charge is 2.28. The fourth-order valence-corrected chi connectivity index (χ4v) is 3.33. The number of carbonyl (C=O) groups excluding carboxylic acids is 2. The van der Waals surface area contributed by atoms with Gasteiger partial charge in [-0.05, 0) is 38.0 Å². The van der Waals surface area contributed by atoms with Crippen molar-refractivity contribution in [2.75, 3.05) is 25.0 Å². The standard InChI is InChI=1S/C18H19Cl2N3O4/c1-11-8-16(22-27-11)21-18(25)12-4-6-23(7-5-12)17(24)10-26-15-3-2-13(19)9-14(15)20/h2-3,8-9,12H,4-7,10H2,1H3,(H,21,22,25). The molecule has 1 aromatic carbocycles. The lowest BCUT2D eigenvalue weighted by molar-refractivity contribution is -0.136. The van der Waals surface area contributed by atoms with Gasteiger partial charge in [-0.3, -0.25) is 9.59 Å². The van der Waals surface area contributed by atoms with Crippen LogP contribution in [0.3, 0.4) is 0 Å². The van der Waals surface area contributed by atoms with E-state index < -0.39 is 0 Å². The molecule has 0 saturated carbocycles. The number of likely N-dealkylation sites (tertiary alicyclic amines) is 1. The minimum Gasteiger partial charge on any atom is -0.482 e. The number of piperidine rings is 1. The number of ether oxygens (including phenoxy) is 1. The maximum atomic E-state index is 12.3. The van der Waals surface area contributed by atoms with Crippen molar-refractivity contribution in [1.29, 1.82) is 0 Å². The van der Waals surface area contributed by atoms with Crippen molar-refractivity contribution >= 4 is 40.8 Å². The summed E-state index contributed by atoms with van der Waals surface area (Å²) >= 11 is 11.9. The first-order valence-electron chi connectivity index (χ1n) is 8.52. The highest BCUT2D eigenvalue weighted by molar-refractivity contribution is 6.35. The maximum Gasteiger partial charge on any atom is 0.260 e. The van der Waals surface area contributed by atoms with Gasteiger partial charge >= 0.3 is 0 Å². The summed E-state index contributed by atoms with van der Waals surface area (Å²) in [6.45, 7) is 2.63. The van der Waals surface area contributed by atoms with Gasteiger partial charge in [0.15, 0.2) is 12.4 Å². The molecule has 1 aliphatic heterocycles. The largest absolute Gasteiger partial charge is 0.482 e. The second-order valence-electron chi connectivity index (χ2n) is 6.33. The van der Waals surface area contributed by atoms with Gasteiger partial charge in [0, 0.05) is 30.1 Å². The Morgan fingerprint density at radius 1 is 1.30 bits per heavy atom. The molecule has 2 heterocycles. The van der Waals surface area contributed by atoms with Crippen LogP contribution in [-0.4, -0.2) is 41.6 Å². The molecule has 0 aliphatic carbocycles. The molecule has 0 spiro atoms. The van der Waals surface area contributed by atoms with E-state index in [1.807, 2.05) is 0 Å². The Kier molecular flexibility index (Phi) is 6.23. The van der Waals surface area contributed by atoms with Crippen LogP contribution in [0, 0.1) is 12.8 Å². The molecule has 0 bridgehead atoms. The van der Waals surface area contributed by atoms with Crippen LogP contribution in [0.25, 0.3) is 0 Å². The average Bonchev–Trinajstić information content (AvgIpc) is 3.05. The van der Waals surface area contributed by atoms with Gasteiger partial charge in [0.05, 0.1) is 5.02 Å². The number of hydrogen-bond acceptors (Lipinski definition) is 5. The van der Waals surface area contributed by atoms with E-state index in [1.165, 1.54) is 0 Å². The summed E-state index contributed by atoms with van der Waals surface area (Å²) in [4.78, 5) is 26.3. The summed E-state index contributed by atoms with van der Waals surface area (Å²) in [5.41, 5.74) is 0. The number of carbonyl (C=O) groups is 2. The third kappa shape index (κ3) is 5.14. The van der Waals surface area contributed by atoms with Gasteiger partial charge in [0.25, 0.3) is 5.91 Å². The number of nitrogens with zero attached hydrogens (tertiary/aromatic N) is 2. The Hall–Kier alpha value is -2.25. The first kappa shape index (κ1) is 19.5. The van der Waals surface area contributed by atoms with Crippen molar-refractivity contribution in [3.63, 3.8) is 0 Å². The summed E-state index contributed by atoms with van der Waals surface area (Å²) < 4.78 is 10.4. The highest BCUT2D eigenvalue weighted by Crippen LogP contribution is 2.27. The topological polar surface area (TPSA) is 84.7 Å². The van der Waals surface area contributed by atoms with Crippen LogP contribution < -0.4 is 10.1 Å². The molecule has 1 saturated heterocycles. The van der Waals surface area contributed by atoms with Crippen LogP contribution in [0.4, 0.5) is 5.82 Å². The second-order valence-corrected chi connectivity index (χ2v) is 7.17. The van der Waals surface area contributed by atoms with E-state index in [-0.39, 0.29) is 24.3 Å². The van der Waals surface area contributed by atoms with Gasteiger partial charge in [-0.2, -0.15) is 0 Å². The Balaban J connectivity index is 1.45. The Morgan fingerprint density at radius 2 is 2.04 bits per heavy atom. The SMILES string of the molecule is Cc1cc(NC(=O)C2CCN(C(=O)COc3ccc(Cl)cc3Cl)CC2)no1. The number of anilines is 1. The van der Waals surface area contributed by atoms with Gasteiger partial charge in [0.2, 0.25) is 5.91 Å². The van der Waals surface area contributed by atoms with Crippen molar-refractivity contribution in [1.82, 2.24) is 10.1 Å². The number of hydrogen-bond donors (Lipinski definition) is 1. The molecular weight excluding hydrogens is 393 g/mol. The highest BCUT2D eigenvalue weighted by atomic mass is 35.5. The van der Waals surface area contributed by atoms with Crippen LogP contribution in [0.5, 0.6) is 5.75 Å². The van der Waals surface area contributed by atoms with Crippen LogP contribution in [-0.2, 0) is 9.59 Å². The predicted molar refractivity (Wildman–Crippen MR) is 101 cm³/mol. The summed E-state index contributed by atoms with van der Waals surface area (Å²) in [5, 5.41) is 7.34. The van der Waals surface area contributed by atoms with E-state index in [2.05, 4.69) is 10.5 Å². The van der Waals surface area contributed by atoms with E-state index >= 15 is 0 Å². The number of halogens is 2. The minimum atomic E-state index is -0.169. The van der Waals surface area contributed by atoms with Gasteiger partial charge in [-0.1, -0.05) is 28.4 Å². The molecule has 1 aromatic heterocycles. The van der Waals surface area contributed by atoms with E-state index in [0.29, 0.717) is 53.3 Å². The zero-order chi connectivity index (χ0) is 19.4. The summed E-state index contributed by atoms with van der Waals surface area (Å²) in [6.07, 6.45) is 1.16. The van der Waals surface area contributed by atoms with Crippen molar-refractivity contribution in [2.24, 2.45) is 5.92 Å². The molecule has 0 radical (unpaired) electrons. The molecule has 0 unspecified atom stereocenters. The molecule has 27 heavy (non-hydrogen) atoms. The molecule has 144 valence electrons. The monoisotopic (exact) mass is 411 g/mol. The third-order valence-electron chi connectivity index (χ3n) is 4.34. The van der Waals surface area contributed by atoms with Crippen LogP contribution >= 0.6 is 23.2 Å². The van der Waals surface area contributed by atoms with Gasteiger partial charge < -0.3 is 19.5 Å². The molecule has 2 amide bonds. The van der Waals surface area contributed by atoms with Crippen LogP contribution in [0.2, 0.25) is 10.0 Å². The lowest BCUT2D eigenvalue weighted by Crippen LogP contribution is -2.43. The first-order chi connectivity index (χ1) is 12.9. The molecule has 2 aromatic rings. The quantitative estimate of drug-likeness (QED) is 0.812. The van der Waals surface area contributed by atoms with Crippen LogP contribution in [0.1, 0.15) is 18.6 Å². The molecule has 3 rings (SSSR count). The molecule has 9 heteroatoms. The number of aryl methyl sites for hydroxylation is 1. The van der Waals surface area contributed by atoms with E-state index in [0.717, 1.165) is 0 Å². The smallest absolute Gasteiger partial charge is 0.260 e. The van der Waals surface area contributed by atoms with Crippen molar-refractivity contribution in [3.8, 4) is 5.75 Å². The summed E-state index contributed by atoms with van der Waals surface area (Å²) in [5.74, 6) is 1.02. The van der Waals surface area contributed by atoms with E-state index in [4.69, 9.17) is 32.5 Å². The summed E-state index contributed by atoms with van der Waals surface area (Å²) in [6, 6.07) is 6.49. The molecule has 1 fully saturated rings. The van der Waals surface area contributed by atoms with Crippen molar-refractivity contribution in [3.05, 3.63) is 40.1 Å². The maximum absolute atomic E-state index is 12.3. The fraction of sp³-hybridized carbons (Fsp3) is 0.389. The lowest BCUT2D eigenvalue weighted by atomic mass is 9.96. The van der Waals surface area contributed by atoms with Gasteiger partial charge in [-0.15, -0.1) is 0 Å². The third-order valence-corrected chi connectivity index (χ3v) is 4.87. The lowest BCUT2D eigenvalue weighted by Gasteiger charge is -2.31. The number of aromatic nitrogens is 1. The molecular formula is C18H19Cl2N3O4. The summed E-state index contributed by atoms with van der Waals surface area (Å²) in [7, 11) is 0. The zero-order valence-corrected chi connectivity index (χ0v) is 16.2. The Labute approximate surface area is 166 Å². The number of benzene rings is 1. The predicted octanol–water partition coefficient (Wildman–Crippen LogP) is 3.55. The van der Waals surface area contributed by atoms with Gasteiger partial charge in [-0.25, -0.2) is 0 Å². The van der Waals surface area contributed by atoms with Crippen LogP contribution in [0.15, 0.2) is 28.8 Å². The fourth-order valence-electron chi connectivity index (χ4n) is 2.87. The van der Waals surface area contributed by atoms with Crippen molar-refractivity contribution < 1.29 is 18.8 Å². The Morgan fingerprint density at radius 3 is 2.67 bits per heavy atom. The van der Waals surface area contributed by atoms with E-state index in [9.17, 15) is 9.59 Å². The van der Waals surface area contributed by atoms with E-state index in [1.54, 1.807) is 36.1 Å². The minimum absolute atomic E-state index is 0.111. The number of nitrogens with one attached hydrogen (secondary N) is 1. The Bertz CT molecular complexity index is 832. The number of amides is 2.